The predicted molar refractivity (Wildman–Crippen MR) is 95.1 cm³/mol. The number of halogens is 1. The van der Waals surface area contributed by atoms with Gasteiger partial charge in [-0.1, -0.05) is 30.7 Å². The Balaban J connectivity index is 1.48. The molecule has 2 amide bonds. The van der Waals surface area contributed by atoms with E-state index in [2.05, 4.69) is 10.9 Å². The summed E-state index contributed by atoms with van der Waals surface area (Å²) in [5, 5.41) is 0.658. The van der Waals surface area contributed by atoms with Gasteiger partial charge in [0, 0.05) is 16.5 Å². The second-order valence-electron chi connectivity index (χ2n) is 6.20. The largest absolute Gasteiger partial charge is 0.489 e. The molecule has 0 bridgehead atoms. The molecule has 0 saturated heterocycles. The number of rotatable bonds is 5. The first kappa shape index (κ1) is 17.3. The monoisotopic (exact) mass is 358 g/mol. The molecule has 1 saturated carbocycles. The van der Waals surface area contributed by atoms with Crippen LogP contribution in [-0.2, 0) is 11.4 Å². The van der Waals surface area contributed by atoms with Gasteiger partial charge in [-0.25, -0.2) is 0 Å². The molecule has 2 atom stereocenters. The summed E-state index contributed by atoms with van der Waals surface area (Å²) in [4.78, 5) is 23.7. The maximum atomic E-state index is 12.0. The fraction of sp³-hybridized carbons (Fsp3) is 0.263. The minimum absolute atomic E-state index is 0.0210. The molecule has 0 aromatic heterocycles. The number of carbonyl (C=O) groups excluding carboxylic acids is 2. The number of benzene rings is 2. The normalized spacial score (nSPS) is 18.3. The Morgan fingerprint density at radius 2 is 1.72 bits per heavy atom. The van der Waals surface area contributed by atoms with Crippen molar-refractivity contribution in [1.82, 2.24) is 10.9 Å². The topological polar surface area (TPSA) is 67.4 Å². The number of ether oxygens (including phenoxy) is 1. The van der Waals surface area contributed by atoms with E-state index in [4.69, 9.17) is 16.3 Å². The molecule has 2 aromatic carbocycles. The molecule has 25 heavy (non-hydrogen) atoms. The van der Waals surface area contributed by atoms with E-state index in [0.717, 1.165) is 17.7 Å². The van der Waals surface area contributed by atoms with Crippen molar-refractivity contribution < 1.29 is 14.3 Å². The van der Waals surface area contributed by atoms with Crippen LogP contribution in [0.2, 0.25) is 5.02 Å². The number of amides is 2. The molecule has 1 fully saturated rings. The van der Waals surface area contributed by atoms with Gasteiger partial charge in [-0.3, -0.25) is 20.4 Å². The van der Waals surface area contributed by atoms with Crippen molar-refractivity contribution in [3.63, 3.8) is 0 Å². The fourth-order valence-corrected chi connectivity index (χ4v) is 2.55. The van der Waals surface area contributed by atoms with Crippen LogP contribution < -0.4 is 15.6 Å². The van der Waals surface area contributed by atoms with Gasteiger partial charge in [-0.15, -0.1) is 0 Å². The van der Waals surface area contributed by atoms with Gasteiger partial charge < -0.3 is 4.74 Å². The van der Waals surface area contributed by atoms with Crippen molar-refractivity contribution >= 4 is 23.4 Å². The lowest BCUT2D eigenvalue weighted by molar-refractivity contribution is -0.123. The third-order valence-corrected chi connectivity index (χ3v) is 4.43. The van der Waals surface area contributed by atoms with Gasteiger partial charge in [-0.2, -0.15) is 0 Å². The van der Waals surface area contributed by atoms with Crippen molar-refractivity contribution in [2.75, 3.05) is 0 Å². The summed E-state index contributed by atoms with van der Waals surface area (Å²) >= 11 is 5.83. The van der Waals surface area contributed by atoms with Crippen LogP contribution in [0.4, 0.5) is 0 Å². The van der Waals surface area contributed by atoms with Crippen molar-refractivity contribution in [1.29, 1.82) is 0 Å². The van der Waals surface area contributed by atoms with E-state index in [1.165, 1.54) is 0 Å². The van der Waals surface area contributed by atoms with Crippen LogP contribution in [0.1, 0.15) is 29.3 Å². The molecule has 2 unspecified atom stereocenters. The van der Waals surface area contributed by atoms with Gasteiger partial charge in [0.15, 0.2) is 0 Å². The Labute approximate surface area is 151 Å². The molecule has 6 heteroatoms. The first-order chi connectivity index (χ1) is 12.0. The van der Waals surface area contributed by atoms with Crippen LogP contribution >= 0.6 is 11.6 Å². The molecule has 5 nitrogen and oxygen atoms in total. The highest BCUT2D eigenvalue weighted by atomic mass is 35.5. The van der Waals surface area contributed by atoms with E-state index in [1.54, 1.807) is 36.4 Å². The molecule has 1 aliphatic rings. The zero-order valence-electron chi connectivity index (χ0n) is 13.8. The zero-order chi connectivity index (χ0) is 17.8. The number of hydrogen-bond acceptors (Lipinski definition) is 3. The van der Waals surface area contributed by atoms with Crippen molar-refractivity contribution in [3.05, 3.63) is 64.7 Å². The van der Waals surface area contributed by atoms with Crippen LogP contribution in [0.15, 0.2) is 48.5 Å². The van der Waals surface area contributed by atoms with Crippen molar-refractivity contribution in [2.24, 2.45) is 11.8 Å². The van der Waals surface area contributed by atoms with Gasteiger partial charge >= 0.3 is 0 Å². The Kier molecular flexibility index (Phi) is 5.24. The van der Waals surface area contributed by atoms with Gasteiger partial charge in [-0.05, 0) is 54.3 Å². The average Bonchev–Trinajstić information content (AvgIpc) is 3.36. The summed E-state index contributed by atoms with van der Waals surface area (Å²) in [5.41, 5.74) is 6.31. The summed E-state index contributed by atoms with van der Waals surface area (Å²) in [5.74, 6) is 0.674. The summed E-state index contributed by atoms with van der Waals surface area (Å²) in [6.45, 7) is 2.40. The van der Waals surface area contributed by atoms with Gasteiger partial charge in [0.2, 0.25) is 5.91 Å². The van der Waals surface area contributed by atoms with E-state index in [-0.39, 0.29) is 17.7 Å². The molecule has 0 heterocycles. The molecule has 0 spiro atoms. The van der Waals surface area contributed by atoms with Crippen molar-refractivity contribution in [2.45, 2.75) is 20.0 Å². The summed E-state index contributed by atoms with van der Waals surface area (Å²) in [7, 11) is 0. The van der Waals surface area contributed by atoms with Crippen molar-refractivity contribution in [3.8, 4) is 5.75 Å². The Morgan fingerprint density at radius 3 is 2.32 bits per heavy atom. The quantitative estimate of drug-likeness (QED) is 0.805. The van der Waals surface area contributed by atoms with Gasteiger partial charge in [0.05, 0.1) is 0 Å². The minimum atomic E-state index is -0.341. The maximum absolute atomic E-state index is 12.0. The summed E-state index contributed by atoms with van der Waals surface area (Å²) in [6.07, 6.45) is 0.879. The second kappa shape index (κ2) is 7.57. The lowest BCUT2D eigenvalue weighted by Gasteiger charge is -2.09. The van der Waals surface area contributed by atoms with Crippen LogP contribution in [-0.4, -0.2) is 11.8 Å². The van der Waals surface area contributed by atoms with Crippen LogP contribution in [0, 0.1) is 11.8 Å². The highest BCUT2D eigenvalue weighted by molar-refractivity contribution is 6.30. The SMILES string of the molecule is CC1CC1C(=O)NNC(=O)c1ccc(COc2ccc(Cl)cc2)cc1. The molecule has 130 valence electrons. The molecular formula is C19H19ClN2O3. The Morgan fingerprint density at radius 1 is 1.08 bits per heavy atom. The first-order valence-electron chi connectivity index (χ1n) is 8.10. The molecule has 3 rings (SSSR count). The van der Waals surface area contributed by atoms with E-state index < -0.39 is 0 Å². The maximum Gasteiger partial charge on any atom is 0.269 e. The van der Waals surface area contributed by atoms with E-state index in [9.17, 15) is 9.59 Å². The van der Waals surface area contributed by atoms with E-state index in [0.29, 0.717) is 23.1 Å². The molecular weight excluding hydrogens is 340 g/mol. The number of hydrazine groups is 1. The predicted octanol–water partition coefficient (Wildman–Crippen LogP) is 3.34. The van der Waals surface area contributed by atoms with Crippen LogP contribution in [0.25, 0.3) is 0 Å². The molecule has 1 aliphatic carbocycles. The number of nitrogens with one attached hydrogen (secondary N) is 2. The Bertz CT molecular complexity index is 759. The second-order valence-corrected chi connectivity index (χ2v) is 6.64. The molecule has 0 aliphatic heterocycles. The zero-order valence-corrected chi connectivity index (χ0v) is 14.5. The van der Waals surface area contributed by atoms with Crippen LogP contribution in [0.3, 0.4) is 0 Å². The Hall–Kier alpha value is -2.53. The average molecular weight is 359 g/mol. The summed E-state index contributed by atoms with van der Waals surface area (Å²) in [6, 6.07) is 14.2. The smallest absolute Gasteiger partial charge is 0.269 e. The third kappa shape index (κ3) is 4.73. The highest BCUT2D eigenvalue weighted by Gasteiger charge is 2.39. The van der Waals surface area contributed by atoms with Crippen LogP contribution in [0.5, 0.6) is 5.75 Å². The lowest BCUT2D eigenvalue weighted by Crippen LogP contribution is -2.42. The van der Waals surface area contributed by atoms with E-state index >= 15 is 0 Å². The highest BCUT2D eigenvalue weighted by Crippen LogP contribution is 2.37. The van der Waals surface area contributed by atoms with E-state index in [1.807, 2.05) is 19.1 Å². The summed E-state index contributed by atoms with van der Waals surface area (Å²) < 4.78 is 5.65. The third-order valence-electron chi connectivity index (χ3n) is 4.18. The standard InChI is InChI=1S/C19H19ClN2O3/c1-12-10-17(12)19(24)22-21-18(23)14-4-2-13(3-5-14)11-25-16-8-6-15(20)7-9-16/h2-9,12,17H,10-11H2,1H3,(H,21,23)(H,22,24). The molecule has 2 N–H and O–H groups in total. The first-order valence-corrected chi connectivity index (χ1v) is 8.48. The van der Waals surface area contributed by atoms with Gasteiger partial charge in [0.25, 0.3) is 5.91 Å². The number of hydrogen-bond donors (Lipinski definition) is 2. The number of carbonyl (C=O) groups is 2. The molecule has 2 aromatic rings. The van der Waals surface area contributed by atoms with Gasteiger partial charge in [0.1, 0.15) is 12.4 Å². The fourth-order valence-electron chi connectivity index (χ4n) is 2.42. The lowest BCUT2D eigenvalue weighted by atomic mass is 10.1. The molecule has 0 radical (unpaired) electrons. The minimum Gasteiger partial charge on any atom is -0.489 e.